The zero-order chi connectivity index (χ0) is 16.2. The number of nitrogens with one attached hydrogen (secondary N) is 1. The third-order valence-electron chi connectivity index (χ3n) is 4.32. The Bertz CT molecular complexity index is 301. The van der Waals surface area contributed by atoms with Crippen LogP contribution in [0.4, 0.5) is 0 Å². The molecule has 1 fully saturated rings. The Labute approximate surface area is 138 Å². The number of piperidine rings is 1. The van der Waals surface area contributed by atoms with Gasteiger partial charge in [-0.05, 0) is 59.2 Å². The van der Waals surface area contributed by atoms with Crippen molar-refractivity contribution in [2.75, 3.05) is 46.8 Å². The quantitative estimate of drug-likeness (QED) is 0.403. The Morgan fingerprint density at radius 2 is 1.91 bits per heavy atom. The Hall–Kier alpha value is -0.770. The monoisotopic (exact) mass is 310 g/mol. The van der Waals surface area contributed by atoms with E-state index >= 15 is 0 Å². The van der Waals surface area contributed by atoms with Crippen LogP contribution in [0.2, 0.25) is 0 Å². The van der Waals surface area contributed by atoms with Gasteiger partial charge in [0.25, 0.3) is 0 Å². The summed E-state index contributed by atoms with van der Waals surface area (Å²) in [6.07, 6.45) is 9.23. The average Bonchev–Trinajstić information content (AvgIpc) is 2.48. The molecule has 4 heteroatoms. The second-order valence-corrected chi connectivity index (χ2v) is 7.00. The van der Waals surface area contributed by atoms with Gasteiger partial charge in [0.15, 0.2) is 5.96 Å². The molecule has 22 heavy (non-hydrogen) atoms. The zero-order valence-electron chi connectivity index (χ0n) is 15.4. The van der Waals surface area contributed by atoms with E-state index in [2.05, 4.69) is 43.1 Å². The molecule has 0 aromatic rings. The number of rotatable bonds is 9. The molecular weight excluding hydrogens is 272 g/mol. The summed E-state index contributed by atoms with van der Waals surface area (Å²) in [5.41, 5.74) is 0. The molecule has 0 aromatic heterocycles. The van der Waals surface area contributed by atoms with Crippen LogP contribution in [0.1, 0.15) is 58.8 Å². The van der Waals surface area contributed by atoms with Crippen LogP contribution in [0.15, 0.2) is 4.99 Å². The van der Waals surface area contributed by atoms with Gasteiger partial charge >= 0.3 is 0 Å². The maximum absolute atomic E-state index is 4.84. The Kier molecular flexibility index (Phi) is 10.3. The summed E-state index contributed by atoms with van der Waals surface area (Å²) in [7, 11) is 4.30. The molecule has 0 saturated carbocycles. The molecule has 0 amide bonds. The van der Waals surface area contributed by atoms with E-state index in [-0.39, 0.29) is 0 Å². The molecule has 1 N–H and O–H groups in total. The number of unbranched alkanes of at least 4 members (excludes halogenated alkanes) is 4. The van der Waals surface area contributed by atoms with Crippen molar-refractivity contribution >= 4 is 5.96 Å². The lowest BCUT2D eigenvalue weighted by atomic mass is 10.0. The van der Waals surface area contributed by atoms with E-state index in [1.165, 1.54) is 58.0 Å². The van der Waals surface area contributed by atoms with Crippen LogP contribution < -0.4 is 5.32 Å². The highest BCUT2D eigenvalue weighted by molar-refractivity contribution is 5.80. The molecule has 1 saturated heterocycles. The largest absolute Gasteiger partial charge is 0.357 e. The third-order valence-corrected chi connectivity index (χ3v) is 4.32. The Balaban J connectivity index is 2.19. The summed E-state index contributed by atoms with van der Waals surface area (Å²) in [6.45, 7) is 10.00. The van der Waals surface area contributed by atoms with Crippen molar-refractivity contribution in [1.82, 2.24) is 15.1 Å². The van der Waals surface area contributed by atoms with Crippen LogP contribution in [0.5, 0.6) is 0 Å². The fourth-order valence-electron chi connectivity index (χ4n) is 3.06. The number of likely N-dealkylation sites (tertiary alicyclic amines) is 1. The Morgan fingerprint density at radius 1 is 1.18 bits per heavy atom. The van der Waals surface area contributed by atoms with Crippen molar-refractivity contribution in [3.63, 3.8) is 0 Å². The van der Waals surface area contributed by atoms with E-state index in [4.69, 9.17) is 4.99 Å². The lowest BCUT2D eigenvalue weighted by Gasteiger charge is -2.33. The lowest BCUT2D eigenvalue weighted by molar-refractivity contribution is 0.266. The molecule has 0 aromatic carbocycles. The standard InChI is InChI=1S/C18H38N4/c1-5-19-18(22-15-11-12-17(2)16-22)20-13-9-7-6-8-10-14-21(3)4/h17H,5-16H2,1-4H3,(H,19,20). The van der Waals surface area contributed by atoms with E-state index in [1.807, 2.05) is 0 Å². The van der Waals surface area contributed by atoms with Gasteiger partial charge in [0.2, 0.25) is 0 Å². The fourth-order valence-corrected chi connectivity index (χ4v) is 3.06. The van der Waals surface area contributed by atoms with Gasteiger partial charge in [0, 0.05) is 26.2 Å². The highest BCUT2D eigenvalue weighted by atomic mass is 15.3. The summed E-state index contributed by atoms with van der Waals surface area (Å²) >= 11 is 0. The summed E-state index contributed by atoms with van der Waals surface area (Å²) in [5.74, 6) is 1.94. The van der Waals surface area contributed by atoms with Crippen LogP contribution in [0.3, 0.4) is 0 Å². The molecule has 1 atom stereocenters. The molecule has 1 aliphatic heterocycles. The van der Waals surface area contributed by atoms with Gasteiger partial charge in [-0.15, -0.1) is 0 Å². The van der Waals surface area contributed by atoms with Gasteiger partial charge in [-0.3, -0.25) is 4.99 Å². The molecule has 1 aliphatic rings. The van der Waals surface area contributed by atoms with E-state index in [9.17, 15) is 0 Å². The van der Waals surface area contributed by atoms with Gasteiger partial charge in [-0.1, -0.05) is 26.2 Å². The number of hydrogen-bond donors (Lipinski definition) is 1. The summed E-state index contributed by atoms with van der Waals surface area (Å²) in [6, 6.07) is 0. The van der Waals surface area contributed by atoms with Crippen LogP contribution in [-0.2, 0) is 0 Å². The predicted octanol–water partition coefficient (Wildman–Crippen LogP) is 3.20. The van der Waals surface area contributed by atoms with Crippen molar-refractivity contribution in [2.24, 2.45) is 10.9 Å². The first-order valence-corrected chi connectivity index (χ1v) is 9.31. The second kappa shape index (κ2) is 11.8. The normalized spacial score (nSPS) is 19.8. The predicted molar refractivity (Wildman–Crippen MR) is 97.6 cm³/mol. The first kappa shape index (κ1) is 19.3. The zero-order valence-corrected chi connectivity index (χ0v) is 15.4. The number of hydrogen-bond acceptors (Lipinski definition) is 2. The van der Waals surface area contributed by atoms with Gasteiger partial charge in [-0.25, -0.2) is 0 Å². The van der Waals surface area contributed by atoms with Crippen molar-refractivity contribution in [2.45, 2.75) is 58.8 Å². The van der Waals surface area contributed by atoms with Crippen LogP contribution in [-0.4, -0.2) is 62.6 Å². The van der Waals surface area contributed by atoms with Gasteiger partial charge < -0.3 is 15.1 Å². The molecule has 0 bridgehead atoms. The maximum Gasteiger partial charge on any atom is 0.193 e. The van der Waals surface area contributed by atoms with E-state index in [0.717, 1.165) is 31.5 Å². The first-order chi connectivity index (χ1) is 10.6. The van der Waals surface area contributed by atoms with Crippen molar-refractivity contribution in [3.05, 3.63) is 0 Å². The SMILES string of the molecule is CCNC(=NCCCCCCCN(C)C)N1CCCC(C)C1. The van der Waals surface area contributed by atoms with Gasteiger partial charge in [0.05, 0.1) is 0 Å². The molecule has 1 unspecified atom stereocenters. The topological polar surface area (TPSA) is 30.9 Å². The molecule has 1 heterocycles. The molecule has 0 aliphatic carbocycles. The Morgan fingerprint density at radius 3 is 2.59 bits per heavy atom. The minimum absolute atomic E-state index is 0.800. The fraction of sp³-hybridized carbons (Fsp3) is 0.944. The third kappa shape index (κ3) is 8.62. The number of nitrogens with zero attached hydrogens (tertiary/aromatic N) is 3. The molecule has 130 valence electrons. The smallest absolute Gasteiger partial charge is 0.193 e. The van der Waals surface area contributed by atoms with E-state index in [0.29, 0.717) is 0 Å². The van der Waals surface area contributed by atoms with Gasteiger partial charge in [-0.2, -0.15) is 0 Å². The average molecular weight is 311 g/mol. The molecule has 4 nitrogen and oxygen atoms in total. The van der Waals surface area contributed by atoms with Crippen molar-refractivity contribution in [3.8, 4) is 0 Å². The minimum atomic E-state index is 0.800. The number of guanidine groups is 1. The van der Waals surface area contributed by atoms with Crippen molar-refractivity contribution in [1.29, 1.82) is 0 Å². The molecule has 0 radical (unpaired) electrons. The second-order valence-electron chi connectivity index (χ2n) is 7.00. The lowest BCUT2D eigenvalue weighted by Crippen LogP contribution is -2.46. The van der Waals surface area contributed by atoms with E-state index < -0.39 is 0 Å². The maximum atomic E-state index is 4.84. The highest BCUT2D eigenvalue weighted by Gasteiger charge is 2.18. The minimum Gasteiger partial charge on any atom is -0.357 e. The van der Waals surface area contributed by atoms with Gasteiger partial charge in [0.1, 0.15) is 0 Å². The van der Waals surface area contributed by atoms with Crippen LogP contribution in [0.25, 0.3) is 0 Å². The van der Waals surface area contributed by atoms with Crippen LogP contribution in [0, 0.1) is 5.92 Å². The van der Waals surface area contributed by atoms with Crippen LogP contribution >= 0.6 is 0 Å². The summed E-state index contributed by atoms with van der Waals surface area (Å²) in [5, 5.41) is 3.47. The molecule has 0 spiro atoms. The number of aliphatic imine (C=N–C) groups is 1. The molecular formula is C18H38N4. The summed E-state index contributed by atoms with van der Waals surface area (Å²) < 4.78 is 0. The van der Waals surface area contributed by atoms with Crippen molar-refractivity contribution < 1.29 is 0 Å². The first-order valence-electron chi connectivity index (χ1n) is 9.31. The van der Waals surface area contributed by atoms with E-state index in [1.54, 1.807) is 0 Å². The molecule has 1 rings (SSSR count). The summed E-state index contributed by atoms with van der Waals surface area (Å²) in [4.78, 5) is 9.56. The highest BCUT2D eigenvalue weighted by Crippen LogP contribution is 2.15.